The molecule has 1 aliphatic heterocycles. The molecule has 8 heteroatoms. The monoisotopic (exact) mass is 710 g/mol. The predicted molar refractivity (Wildman–Crippen MR) is 181 cm³/mol. The standard InChI is InChI=1S/C36H43IN2O5/c1-9-43-29-14-22(13-23(37)34(29)44-19-30(42)38-24-12-10-11-20(2)21(24)3)31-32-25(15-35(4,5)17-27(32)40)39(8)26-16-36(6,7)18-28(41)33(26)31/h10-14,31H,9,15-19H2,1-8H3,(H,38,42). The highest BCUT2D eigenvalue weighted by Gasteiger charge is 2.48. The van der Waals surface area contributed by atoms with Gasteiger partial charge in [0.25, 0.3) is 5.91 Å². The number of hydrogen-bond donors (Lipinski definition) is 1. The van der Waals surface area contributed by atoms with Crippen LogP contribution in [0.25, 0.3) is 0 Å². The van der Waals surface area contributed by atoms with Crippen molar-refractivity contribution in [3.63, 3.8) is 0 Å². The van der Waals surface area contributed by atoms with Gasteiger partial charge in [0.1, 0.15) is 0 Å². The number of nitrogens with zero attached hydrogens (tertiary/aromatic N) is 1. The molecule has 7 nitrogen and oxygen atoms in total. The predicted octanol–water partition coefficient (Wildman–Crippen LogP) is 7.64. The summed E-state index contributed by atoms with van der Waals surface area (Å²) in [5.41, 5.74) is 6.83. The molecule has 0 saturated carbocycles. The maximum atomic E-state index is 13.9. The molecule has 44 heavy (non-hydrogen) atoms. The molecule has 0 saturated heterocycles. The van der Waals surface area contributed by atoms with Gasteiger partial charge in [-0.3, -0.25) is 14.4 Å². The van der Waals surface area contributed by atoms with E-state index in [1.165, 1.54) is 0 Å². The van der Waals surface area contributed by atoms with Crippen molar-refractivity contribution in [2.75, 3.05) is 25.6 Å². The van der Waals surface area contributed by atoms with Gasteiger partial charge in [-0.05, 0) is 102 Å². The summed E-state index contributed by atoms with van der Waals surface area (Å²) in [4.78, 5) is 42.8. The van der Waals surface area contributed by atoms with Crippen LogP contribution in [0.1, 0.15) is 82.9 Å². The third-order valence-electron chi connectivity index (χ3n) is 9.07. The van der Waals surface area contributed by atoms with Gasteiger partial charge in [-0.15, -0.1) is 0 Å². The van der Waals surface area contributed by atoms with Crippen LogP contribution < -0.4 is 14.8 Å². The Bertz CT molecular complexity index is 1560. The van der Waals surface area contributed by atoms with E-state index in [4.69, 9.17) is 9.47 Å². The van der Waals surface area contributed by atoms with Crippen molar-refractivity contribution in [2.24, 2.45) is 10.8 Å². The lowest BCUT2D eigenvalue weighted by atomic mass is 9.64. The number of ketones is 2. The average Bonchev–Trinajstić information content (AvgIpc) is 2.91. The molecule has 2 aromatic carbocycles. The number of halogens is 1. The number of Topliss-reactive ketones (excluding diaryl/α,β-unsaturated/α-hetero) is 2. The fourth-order valence-corrected chi connectivity index (χ4v) is 7.65. The third-order valence-corrected chi connectivity index (χ3v) is 9.87. The van der Waals surface area contributed by atoms with Gasteiger partial charge in [-0.25, -0.2) is 0 Å². The second-order valence-corrected chi connectivity index (χ2v) is 15.1. The molecule has 0 fully saturated rings. The molecule has 5 rings (SSSR count). The number of amides is 1. The highest BCUT2D eigenvalue weighted by molar-refractivity contribution is 14.1. The summed E-state index contributed by atoms with van der Waals surface area (Å²) in [6.45, 7) is 14.6. The van der Waals surface area contributed by atoms with E-state index in [1.54, 1.807) is 0 Å². The van der Waals surface area contributed by atoms with Gasteiger partial charge in [-0.1, -0.05) is 39.8 Å². The topological polar surface area (TPSA) is 84.9 Å². The maximum absolute atomic E-state index is 13.9. The van der Waals surface area contributed by atoms with Crippen LogP contribution in [0.3, 0.4) is 0 Å². The second-order valence-electron chi connectivity index (χ2n) is 13.9. The molecule has 0 spiro atoms. The summed E-state index contributed by atoms with van der Waals surface area (Å²) < 4.78 is 12.9. The molecule has 1 amide bonds. The smallest absolute Gasteiger partial charge is 0.262 e. The minimum Gasteiger partial charge on any atom is -0.490 e. The van der Waals surface area contributed by atoms with Crippen LogP contribution in [0.2, 0.25) is 0 Å². The Balaban J connectivity index is 1.54. The van der Waals surface area contributed by atoms with Crippen molar-refractivity contribution in [1.82, 2.24) is 4.90 Å². The van der Waals surface area contributed by atoms with E-state index >= 15 is 0 Å². The van der Waals surface area contributed by atoms with Crippen LogP contribution in [-0.2, 0) is 14.4 Å². The van der Waals surface area contributed by atoms with E-state index in [2.05, 4.69) is 60.5 Å². The zero-order chi connectivity index (χ0) is 32.1. The first-order valence-electron chi connectivity index (χ1n) is 15.3. The van der Waals surface area contributed by atoms with Crippen LogP contribution in [0.5, 0.6) is 11.5 Å². The highest BCUT2D eigenvalue weighted by Crippen LogP contribution is 2.54. The molecule has 0 unspecified atom stereocenters. The quantitative estimate of drug-likeness (QED) is 0.298. The number of hydrogen-bond acceptors (Lipinski definition) is 6. The molecule has 0 aromatic heterocycles. The lowest BCUT2D eigenvalue weighted by Gasteiger charge is -2.48. The number of anilines is 1. The van der Waals surface area contributed by atoms with Gasteiger partial charge in [0.05, 0.1) is 10.2 Å². The van der Waals surface area contributed by atoms with Crippen LogP contribution in [0.15, 0.2) is 52.9 Å². The molecule has 2 aliphatic carbocycles. The van der Waals surface area contributed by atoms with Crippen molar-refractivity contribution in [2.45, 2.75) is 80.1 Å². The number of allylic oxidation sites excluding steroid dienone is 4. The van der Waals surface area contributed by atoms with E-state index in [0.717, 1.165) is 61.3 Å². The molecule has 3 aliphatic rings. The van der Waals surface area contributed by atoms with Crippen molar-refractivity contribution >= 4 is 45.8 Å². The number of carbonyl (C=O) groups is 3. The number of nitrogens with one attached hydrogen (secondary N) is 1. The summed E-state index contributed by atoms with van der Waals surface area (Å²) in [5, 5.41) is 2.95. The molecule has 234 valence electrons. The second kappa shape index (κ2) is 12.0. The molecule has 0 bridgehead atoms. The highest BCUT2D eigenvalue weighted by atomic mass is 127. The summed E-state index contributed by atoms with van der Waals surface area (Å²) in [6.07, 6.45) is 2.40. The molecule has 0 radical (unpaired) electrons. The van der Waals surface area contributed by atoms with E-state index in [1.807, 2.05) is 58.2 Å². The first-order valence-corrected chi connectivity index (χ1v) is 16.4. The summed E-state index contributed by atoms with van der Waals surface area (Å²) in [6, 6.07) is 9.67. The Labute approximate surface area is 274 Å². The lowest BCUT2D eigenvalue weighted by molar-refractivity contribution is -0.120. The van der Waals surface area contributed by atoms with Gasteiger partial charge in [0.2, 0.25) is 0 Å². The van der Waals surface area contributed by atoms with E-state index < -0.39 is 5.92 Å². The normalized spacial score (nSPS) is 19.5. The van der Waals surface area contributed by atoms with Crippen LogP contribution in [-0.4, -0.2) is 42.6 Å². The van der Waals surface area contributed by atoms with E-state index in [0.29, 0.717) is 30.9 Å². The Morgan fingerprint density at radius 2 is 1.55 bits per heavy atom. The molecule has 1 N–H and O–H groups in total. The number of carbonyl (C=O) groups excluding carboxylic acids is 3. The first kappa shape index (κ1) is 32.3. The molecule has 1 heterocycles. The number of benzene rings is 2. The summed E-state index contributed by atoms with van der Waals surface area (Å²) >= 11 is 2.20. The van der Waals surface area contributed by atoms with Gasteiger partial charge >= 0.3 is 0 Å². The Morgan fingerprint density at radius 1 is 0.955 bits per heavy atom. The van der Waals surface area contributed by atoms with Crippen molar-refractivity contribution in [1.29, 1.82) is 0 Å². The van der Waals surface area contributed by atoms with E-state index in [-0.39, 0.29) is 34.9 Å². The Hall–Kier alpha value is -3.14. The Morgan fingerprint density at radius 3 is 2.11 bits per heavy atom. The third kappa shape index (κ3) is 6.19. The van der Waals surface area contributed by atoms with Gasteiger partial charge in [-0.2, -0.15) is 0 Å². The van der Waals surface area contributed by atoms with Gasteiger partial charge < -0.3 is 19.7 Å². The first-order chi connectivity index (χ1) is 20.6. The number of aryl methyl sites for hydroxylation is 1. The fraction of sp³-hybridized carbons (Fsp3) is 0.472. The van der Waals surface area contributed by atoms with Crippen LogP contribution >= 0.6 is 22.6 Å². The van der Waals surface area contributed by atoms with Crippen molar-refractivity contribution < 1.29 is 23.9 Å². The van der Waals surface area contributed by atoms with E-state index in [9.17, 15) is 14.4 Å². The molecular formula is C36H43IN2O5. The lowest BCUT2D eigenvalue weighted by Crippen LogP contribution is -2.43. The minimum absolute atomic E-state index is 0.0914. The summed E-state index contributed by atoms with van der Waals surface area (Å²) in [5.74, 6) is 0.395. The van der Waals surface area contributed by atoms with Crippen molar-refractivity contribution in [3.05, 3.63) is 73.1 Å². The van der Waals surface area contributed by atoms with Crippen molar-refractivity contribution in [3.8, 4) is 11.5 Å². The molecular weight excluding hydrogens is 667 g/mol. The Kier molecular flexibility index (Phi) is 8.79. The van der Waals surface area contributed by atoms with Crippen LogP contribution in [0, 0.1) is 28.2 Å². The van der Waals surface area contributed by atoms with Gasteiger partial charge in [0.15, 0.2) is 29.7 Å². The summed E-state index contributed by atoms with van der Waals surface area (Å²) in [7, 11) is 2.01. The number of rotatable bonds is 7. The fourth-order valence-electron chi connectivity index (χ4n) is 6.87. The van der Waals surface area contributed by atoms with Crippen LogP contribution in [0.4, 0.5) is 5.69 Å². The molecule has 0 atom stereocenters. The maximum Gasteiger partial charge on any atom is 0.262 e. The minimum atomic E-state index is -0.474. The number of ether oxygens (including phenoxy) is 2. The molecule has 2 aromatic rings. The zero-order valence-corrected chi connectivity index (χ0v) is 29.2. The zero-order valence-electron chi connectivity index (χ0n) is 27.1. The largest absolute Gasteiger partial charge is 0.490 e. The SMILES string of the molecule is CCOc1cc(C2C3=C(CC(C)(C)CC3=O)N(C)C3=C2C(=O)CC(C)(C)C3)cc(I)c1OCC(=O)Nc1cccc(C)c1C. The van der Waals surface area contributed by atoms with Gasteiger partial charge in [0, 0.05) is 54.0 Å². The average molecular weight is 711 g/mol.